The van der Waals surface area contributed by atoms with E-state index in [1.165, 1.54) is 23.9 Å². The van der Waals surface area contributed by atoms with Crippen molar-refractivity contribution < 1.29 is 22.7 Å². The molecule has 1 atom stereocenters. The van der Waals surface area contributed by atoms with Gasteiger partial charge in [-0.2, -0.15) is 0 Å². The van der Waals surface area contributed by atoms with Crippen LogP contribution in [0.4, 0.5) is 11.4 Å². The lowest BCUT2D eigenvalue weighted by atomic mass is 10.2. The molecule has 10 heteroatoms. The average Bonchev–Trinajstić information content (AvgIpc) is 2.81. The molecule has 0 saturated heterocycles. The predicted molar refractivity (Wildman–Crippen MR) is 137 cm³/mol. The minimum absolute atomic E-state index is 0.0648. The molecule has 0 unspecified atom stereocenters. The largest absolute Gasteiger partial charge is 0.493 e. The minimum atomic E-state index is -3.81. The molecular formula is C24H25ClN2O5S2. The van der Waals surface area contributed by atoms with Crippen LogP contribution in [0.3, 0.4) is 0 Å². The number of methoxy groups -OCH3 is 2. The summed E-state index contributed by atoms with van der Waals surface area (Å²) in [7, 11) is -0.691. The Morgan fingerprint density at radius 1 is 0.941 bits per heavy atom. The van der Waals surface area contributed by atoms with Crippen LogP contribution in [0.5, 0.6) is 11.5 Å². The number of amides is 1. The van der Waals surface area contributed by atoms with Gasteiger partial charge in [0.25, 0.3) is 10.0 Å². The van der Waals surface area contributed by atoms with Crippen molar-refractivity contribution in [3.05, 3.63) is 71.2 Å². The molecule has 0 saturated carbocycles. The Morgan fingerprint density at radius 3 is 2.21 bits per heavy atom. The van der Waals surface area contributed by atoms with Crippen molar-refractivity contribution in [3.8, 4) is 11.5 Å². The van der Waals surface area contributed by atoms with Gasteiger partial charge in [-0.15, -0.1) is 11.8 Å². The third-order valence-electron chi connectivity index (χ3n) is 4.89. The maximum atomic E-state index is 12.7. The molecule has 1 amide bonds. The quantitative estimate of drug-likeness (QED) is 0.357. The van der Waals surface area contributed by atoms with Crippen molar-refractivity contribution in [3.63, 3.8) is 0 Å². The number of halogens is 1. The van der Waals surface area contributed by atoms with Crippen LogP contribution >= 0.6 is 23.4 Å². The zero-order chi connectivity index (χ0) is 24.9. The summed E-state index contributed by atoms with van der Waals surface area (Å²) in [6, 6.07) is 16.3. The van der Waals surface area contributed by atoms with Gasteiger partial charge in [-0.25, -0.2) is 8.42 Å². The molecule has 0 radical (unpaired) electrons. The van der Waals surface area contributed by atoms with Crippen LogP contribution < -0.4 is 19.5 Å². The summed E-state index contributed by atoms with van der Waals surface area (Å²) in [6.07, 6.45) is 0. The first-order chi connectivity index (χ1) is 16.1. The lowest BCUT2D eigenvalue weighted by Gasteiger charge is -2.14. The number of thioether (sulfide) groups is 1. The van der Waals surface area contributed by atoms with E-state index in [1.807, 2.05) is 13.0 Å². The van der Waals surface area contributed by atoms with E-state index in [2.05, 4.69) is 10.0 Å². The highest BCUT2D eigenvalue weighted by Gasteiger charge is 2.18. The molecule has 3 rings (SSSR count). The first kappa shape index (κ1) is 25.7. The molecule has 0 aliphatic heterocycles. The fraction of sp³-hybridized carbons (Fsp3) is 0.208. The maximum Gasteiger partial charge on any atom is 0.261 e. The monoisotopic (exact) mass is 520 g/mol. The molecule has 180 valence electrons. The second-order valence-electron chi connectivity index (χ2n) is 7.36. The number of anilines is 2. The number of ether oxygens (including phenoxy) is 2. The zero-order valence-corrected chi connectivity index (χ0v) is 21.5. The Morgan fingerprint density at radius 2 is 1.59 bits per heavy atom. The van der Waals surface area contributed by atoms with Crippen LogP contribution in [0.1, 0.15) is 12.5 Å². The molecule has 0 aromatic heterocycles. The van der Waals surface area contributed by atoms with E-state index in [4.69, 9.17) is 21.1 Å². The summed E-state index contributed by atoms with van der Waals surface area (Å²) in [6.45, 7) is 3.62. The van der Waals surface area contributed by atoms with Crippen LogP contribution in [0.25, 0.3) is 0 Å². The van der Waals surface area contributed by atoms with Gasteiger partial charge in [0.2, 0.25) is 5.91 Å². The number of aryl methyl sites for hydroxylation is 1. The van der Waals surface area contributed by atoms with Crippen LogP contribution in [-0.2, 0) is 14.8 Å². The Balaban J connectivity index is 1.64. The van der Waals surface area contributed by atoms with Gasteiger partial charge in [0, 0.05) is 15.6 Å². The van der Waals surface area contributed by atoms with Gasteiger partial charge in [-0.1, -0.05) is 17.7 Å². The summed E-state index contributed by atoms with van der Waals surface area (Å²) in [5.41, 5.74) is 1.71. The van der Waals surface area contributed by atoms with Gasteiger partial charge in [0.1, 0.15) is 0 Å². The number of benzene rings is 3. The number of hydrogen-bond acceptors (Lipinski definition) is 6. The van der Waals surface area contributed by atoms with Gasteiger partial charge in [0.15, 0.2) is 11.5 Å². The van der Waals surface area contributed by atoms with Gasteiger partial charge >= 0.3 is 0 Å². The minimum Gasteiger partial charge on any atom is -0.493 e. The van der Waals surface area contributed by atoms with E-state index in [1.54, 1.807) is 63.6 Å². The molecule has 0 fully saturated rings. The third kappa shape index (κ3) is 6.37. The molecular weight excluding hydrogens is 496 g/mol. The Bertz CT molecular complexity index is 1280. The topological polar surface area (TPSA) is 93.7 Å². The molecule has 0 bridgehead atoms. The molecule has 3 aromatic carbocycles. The molecule has 2 N–H and O–H groups in total. The van der Waals surface area contributed by atoms with Crippen LogP contribution in [0, 0.1) is 6.92 Å². The molecule has 0 aliphatic rings. The summed E-state index contributed by atoms with van der Waals surface area (Å²) in [5, 5.41) is 2.87. The van der Waals surface area contributed by atoms with Crippen molar-refractivity contribution in [2.45, 2.75) is 28.9 Å². The highest BCUT2D eigenvalue weighted by atomic mass is 35.5. The van der Waals surface area contributed by atoms with Gasteiger partial charge in [-0.05, 0) is 74.0 Å². The molecule has 34 heavy (non-hydrogen) atoms. The van der Waals surface area contributed by atoms with E-state index in [9.17, 15) is 13.2 Å². The number of rotatable bonds is 9. The van der Waals surface area contributed by atoms with E-state index in [0.29, 0.717) is 27.9 Å². The number of nitrogens with one attached hydrogen (secondary N) is 2. The number of hydrogen-bond donors (Lipinski definition) is 2. The zero-order valence-electron chi connectivity index (χ0n) is 19.1. The molecule has 0 spiro atoms. The van der Waals surface area contributed by atoms with E-state index >= 15 is 0 Å². The Labute approximate surface area is 208 Å². The first-order valence-corrected chi connectivity index (χ1v) is 13.0. The summed E-state index contributed by atoms with van der Waals surface area (Å²) < 4.78 is 38.4. The van der Waals surface area contributed by atoms with Gasteiger partial charge in [0.05, 0.1) is 30.1 Å². The third-order valence-corrected chi connectivity index (χ3v) is 7.79. The first-order valence-electron chi connectivity index (χ1n) is 10.2. The van der Waals surface area contributed by atoms with Gasteiger partial charge < -0.3 is 14.8 Å². The lowest BCUT2D eigenvalue weighted by molar-refractivity contribution is -0.115. The highest BCUT2D eigenvalue weighted by Crippen LogP contribution is 2.34. The fourth-order valence-electron chi connectivity index (χ4n) is 2.98. The van der Waals surface area contributed by atoms with Crippen molar-refractivity contribution in [1.29, 1.82) is 0 Å². The summed E-state index contributed by atoms with van der Waals surface area (Å²) >= 11 is 7.44. The standard InChI is InChI=1S/C24H25ClN2O5S2/c1-15-5-6-18(13-21(15)25)27-34(29,30)20-10-7-17(8-11-20)26-24(28)16(2)33-19-9-12-22(31-3)23(14-19)32-4/h5-14,16,27H,1-4H3,(H,26,28)/t16-/m1/s1. The molecule has 0 heterocycles. The SMILES string of the molecule is COc1ccc(S[C@H](C)C(=O)Nc2ccc(S(=O)(=O)Nc3ccc(C)c(Cl)c3)cc2)cc1OC. The van der Waals surface area contributed by atoms with Crippen LogP contribution in [-0.4, -0.2) is 33.8 Å². The molecule has 0 aliphatic carbocycles. The number of sulfonamides is 1. The second kappa shape index (κ2) is 11.0. The summed E-state index contributed by atoms with van der Waals surface area (Å²) in [5.74, 6) is 0.972. The average molecular weight is 521 g/mol. The van der Waals surface area contributed by atoms with Crippen LogP contribution in [0.2, 0.25) is 5.02 Å². The smallest absolute Gasteiger partial charge is 0.261 e. The van der Waals surface area contributed by atoms with Crippen molar-refractivity contribution in [2.24, 2.45) is 0 Å². The lowest BCUT2D eigenvalue weighted by Crippen LogP contribution is -2.22. The molecule has 3 aromatic rings. The van der Waals surface area contributed by atoms with E-state index in [0.717, 1.165) is 10.5 Å². The Kier molecular flexibility index (Phi) is 8.35. The van der Waals surface area contributed by atoms with Crippen molar-refractivity contribution in [2.75, 3.05) is 24.3 Å². The second-order valence-corrected chi connectivity index (χ2v) is 10.9. The normalized spacial score (nSPS) is 12.0. The predicted octanol–water partition coefficient (Wildman–Crippen LogP) is 5.59. The van der Waals surface area contributed by atoms with Gasteiger partial charge in [-0.3, -0.25) is 9.52 Å². The Hall–Kier alpha value is -2.88. The fourth-order valence-corrected chi connectivity index (χ4v) is 5.11. The highest BCUT2D eigenvalue weighted by molar-refractivity contribution is 8.00. The van der Waals surface area contributed by atoms with E-state index in [-0.39, 0.29) is 10.8 Å². The molecule has 7 nitrogen and oxygen atoms in total. The van der Waals surface area contributed by atoms with Crippen molar-refractivity contribution in [1.82, 2.24) is 0 Å². The summed E-state index contributed by atoms with van der Waals surface area (Å²) in [4.78, 5) is 13.6. The van der Waals surface area contributed by atoms with E-state index < -0.39 is 15.3 Å². The number of carbonyl (C=O) groups is 1. The number of carbonyl (C=O) groups excluding carboxylic acids is 1. The van der Waals surface area contributed by atoms with Crippen LogP contribution in [0.15, 0.2) is 70.5 Å². The van der Waals surface area contributed by atoms with Crippen molar-refractivity contribution >= 4 is 50.7 Å². The maximum absolute atomic E-state index is 12.7.